The molecule has 1 rings (SSSR count). The van der Waals surface area contributed by atoms with Gasteiger partial charge in [-0.25, -0.2) is 0 Å². The van der Waals surface area contributed by atoms with E-state index in [2.05, 4.69) is 0 Å². The highest BCUT2D eigenvalue weighted by Crippen LogP contribution is 2.30. The second-order valence-corrected chi connectivity index (χ2v) is 2.63. The summed E-state index contributed by atoms with van der Waals surface area (Å²) in [5.74, 6) is -0.207. The molecule has 3 heteroatoms. The van der Waals surface area contributed by atoms with E-state index >= 15 is 0 Å². The minimum absolute atomic E-state index is 0.207. The highest BCUT2D eigenvalue weighted by Gasteiger charge is 2.46. The largest absolute Gasteiger partial charge is 0.380 e. The van der Waals surface area contributed by atoms with Crippen molar-refractivity contribution in [2.75, 3.05) is 0 Å². The van der Waals surface area contributed by atoms with Crippen molar-refractivity contribution in [1.82, 2.24) is 0 Å². The smallest absolute Gasteiger partial charge is 0.162 e. The fourth-order valence-electron chi connectivity index (χ4n) is 1.02. The number of rotatable bonds is 1. The fraction of sp³-hybridized carbons (Fsp3) is 0.833. The van der Waals surface area contributed by atoms with Gasteiger partial charge in [-0.05, 0) is 19.8 Å². The van der Waals surface area contributed by atoms with E-state index in [1.54, 1.807) is 0 Å². The van der Waals surface area contributed by atoms with Crippen molar-refractivity contribution >= 4 is 5.78 Å². The van der Waals surface area contributed by atoms with Gasteiger partial charge in [0.05, 0.1) is 0 Å². The monoisotopic (exact) mass is 129 g/mol. The summed E-state index contributed by atoms with van der Waals surface area (Å²) in [4.78, 5) is 10.6. The predicted molar refractivity (Wildman–Crippen MR) is 32.8 cm³/mol. The Morgan fingerprint density at radius 1 is 1.89 bits per heavy atom. The lowest BCUT2D eigenvalue weighted by molar-refractivity contribution is -0.146. The molecule has 0 aliphatic heterocycles. The molecule has 3 nitrogen and oxygen atoms in total. The van der Waals surface area contributed by atoms with E-state index in [0.717, 1.165) is 6.42 Å². The van der Waals surface area contributed by atoms with Crippen LogP contribution in [0.2, 0.25) is 0 Å². The van der Waals surface area contributed by atoms with Gasteiger partial charge in [-0.2, -0.15) is 0 Å². The van der Waals surface area contributed by atoms with Crippen LogP contribution in [0.15, 0.2) is 0 Å². The van der Waals surface area contributed by atoms with Crippen LogP contribution in [0.1, 0.15) is 19.8 Å². The summed E-state index contributed by atoms with van der Waals surface area (Å²) in [7, 11) is 0. The van der Waals surface area contributed by atoms with E-state index in [1.807, 2.05) is 0 Å². The molecule has 0 aromatic heterocycles. The Morgan fingerprint density at radius 3 is 2.44 bits per heavy atom. The lowest BCUT2D eigenvalue weighted by Crippen LogP contribution is -2.60. The van der Waals surface area contributed by atoms with Crippen LogP contribution in [0.3, 0.4) is 0 Å². The molecule has 1 fully saturated rings. The molecular weight excluding hydrogens is 118 g/mol. The fourth-order valence-corrected chi connectivity index (χ4v) is 1.02. The van der Waals surface area contributed by atoms with Crippen molar-refractivity contribution in [2.45, 2.75) is 31.4 Å². The van der Waals surface area contributed by atoms with Gasteiger partial charge in [0.25, 0.3) is 0 Å². The zero-order valence-electron chi connectivity index (χ0n) is 5.42. The van der Waals surface area contributed by atoms with Crippen LogP contribution in [0.5, 0.6) is 0 Å². The molecule has 1 aliphatic rings. The first-order chi connectivity index (χ1) is 4.07. The first-order valence-electron chi connectivity index (χ1n) is 3.06. The Labute approximate surface area is 53.9 Å². The Balaban J connectivity index is 2.64. The first-order valence-corrected chi connectivity index (χ1v) is 3.06. The lowest BCUT2D eigenvalue weighted by atomic mass is 9.73. The highest BCUT2D eigenvalue weighted by molar-refractivity contribution is 5.86. The number of hydrogen-bond acceptors (Lipinski definition) is 3. The summed E-state index contributed by atoms with van der Waals surface area (Å²) >= 11 is 0. The molecule has 0 aromatic rings. The minimum atomic E-state index is -1.18. The van der Waals surface area contributed by atoms with Gasteiger partial charge in [0, 0.05) is 6.04 Å². The van der Waals surface area contributed by atoms with Crippen molar-refractivity contribution in [2.24, 2.45) is 5.73 Å². The van der Waals surface area contributed by atoms with Gasteiger partial charge in [-0.3, -0.25) is 4.79 Å². The average molecular weight is 129 g/mol. The van der Waals surface area contributed by atoms with E-state index < -0.39 is 5.60 Å². The molecule has 0 bridgehead atoms. The highest BCUT2D eigenvalue weighted by atomic mass is 16.3. The normalized spacial score (nSPS) is 41.9. The molecule has 0 aromatic carbocycles. The number of nitrogens with two attached hydrogens (primary N) is 1. The van der Waals surface area contributed by atoms with E-state index in [9.17, 15) is 9.90 Å². The standard InChI is InChI=1S/C6H11NO2/c1-4(8)6(9)3-2-5(6)7/h5,9H,2-3,7H2,1H3/t5?,6-/m0/s1. The molecule has 0 heterocycles. The van der Waals surface area contributed by atoms with Crippen LogP contribution in [0.25, 0.3) is 0 Å². The van der Waals surface area contributed by atoms with E-state index in [1.165, 1.54) is 6.92 Å². The number of Topliss-reactive ketones (excluding diaryl/α,β-unsaturated/α-hetero) is 1. The summed E-state index contributed by atoms with van der Waals surface area (Å²) in [6.07, 6.45) is 1.29. The molecule has 1 unspecified atom stereocenters. The van der Waals surface area contributed by atoms with E-state index in [-0.39, 0.29) is 11.8 Å². The molecule has 1 saturated carbocycles. The Kier molecular flexibility index (Phi) is 1.33. The molecule has 9 heavy (non-hydrogen) atoms. The van der Waals surface area contributed by atoms with Crippen LogP contribution in [0, 0.1) is 0 Å². The van der Waals surface area contributed by atoms with Crippen molar-refractivity contribution in [1.29, 1.82) is 0 Å². The van der Waals surface area contributed by atoms with Crippen LogP contribution in [0.4, 0.5) is 0 Å². The van der Waals surface area contributed by atoms with Crippen LogP contribution in [-0.4, -0.2) is 22.5 Å². The zero-order valence-corrected chi connectivity index (χ0v) is 5.42. The van der Waals surface area contributed by atoms with Crippen LogP contribution < -0.4 is 5.73 Å². The van der Waals surface area contributed by atoms with Crippen molar-refractivity contribution < 1.29 is 9.90 Å². The maximum Gasteiger partial charge on any atom is 0.162 e. The number of carbonyl (C=O) groups excluding carboxylic acids is 1. The van der Waals surface area contributed by atoms with Crippen molar-refractivity contribution in [3.8, 4) is 0 Å². The maximum absolute atomic E-state index is 10.6. The summed E-state index contributed by atoms with van der Waals surface area (Å²) in [6, 6.07) is -0.324. The van der Waals surface area contributed by atoms with Crippen molar-refractivity contribution in [3.05, 3.63) is 0 Å². The third-order valence-corrected chi connectivity index (χ3v) is 2.06. The molecule has 0 radical (unpaired) electrons. The van der Waals surface area contributed by atoms with Gasteiger partial charge in [0.1, 0.15) is 5.60 Å². The van der Waals surface area contributed by atoms with Gasteiger partial charge in [0.15, 0.2) is 5.78 Å². The molecule has 0 spiro atoms. The molecule has 3 N–H and O–H groups in total. The summed E-state index contributed by atoms with van der Waals surface area (Å²) in [6.45, 7) is 1.37. The van der Waals surface area contributed by atoms with E-state index in [4.69, 9.17) is 5.73 Å². The number of hydrogen-bond donors (Lipinski definition) is 2. The number of ketones is 1. The Bertz CT molecular complexity index is 146. The van der Waals surface area contributed by atoms with Gasteiger partial charge < -0.3 is 10.8 Å². The number of aliphatic hydroxyl groups is 1. The second-order valence-electron chi connectivity index (χ2n) is 2.63. The average Bonchev–Trinajstić information content (AvgIpc) is 1.82. The van der Waals surface area contributed by atoms with E-state index in [0.29, 0.717) is 6.42 Å². The SMILES string of the molecule is CC(=O)[C@@]1(O)CCC1N. The van der Waals surface area contributed by atoms with Gasteiger partial charge in [0.2, 0.25) is 0 Å². The molecule has 52 valence electrons. The Morgan fingerprint density at radius 2 is 2.44 bits per heavy atom. The zero-order chi connectivity index (χ0) is 7.07. The summed E-state index contributed by atoms with van der Waals surface area (Å²) < 4.78 is 0. The molecule has 1 aliphatic carbocycles. The molecule has 0 saturated heterocycles. The van der Waals surface area contributed by atoms with Gasteiger partial charge in [-0.15, -0.1) is 0 Å². The van der Waals surface area contributed by atoms with Crippen LogP contribution >= 0.6 is 0 Å². The topological polar surface area (TPSA) is 63.3 Å². The molecular formula is C6H11NO2. The predicted octanol–water partition coefficient (Wildman–Crippen LogP) is -0.572. The molecule has 2 atom stereocenters. The lowest BCUT2D eigenvalue weighted by Gasteiger charge is -2.40. The van der Waals surface area contributed by atoms with Gasteiger partial charge >= 0.3 is 0 Å². The Hall–Kier alpha value is -0.410. The third kappa shape index (κ3) is 0.767. The minimum Gasteiger partial charge on any atom is -0.380 e. The maximum atomic E-state index is 10.6. The number of carbonyl (C=O) groups is 1. The summed E-state index contributed by atoms with van der Waals surface area (Å²) in [5.41, 5.74) is 4.21. The molecule has 0 amide bonds. The van der Waals surface area contributed by atoms with Gasteiger partial charge in [-0.1, -0.05) is 0 Å². The van der Waals surface area contributed by atoms with Crippen molar-refractivity contribution in [3.63, 3.8) is 0 Å². The summed E-state index contributed by atoms with van der Waals surface area (Å²) in [5, 5.41) is 9.28. The first kappa shape index (κ1) is 6.71. The third-order valence-electron chi connectivity index (χ3n) is 2.06. The second kappa shape index (κ2) is 1.78. The van der Waals surface area contributed by atoms with Crippen LogP contribution in [-0.2, 0) is 4.79 Å². The quantitative estimate of drug-likeness (QED) is 0.498.